The van der Waals surface area contributed by atoms with Gasteiger partial charge in [-0.25, -0.2) is 4.79 Å². The maximum atomic E-state index is 12.7. The number of rotatable bonds is 5. The molecule has 2 aromatic carbocycles. The molecule has 9 heteroatoms. The Kier molecular flexibility index (Phi) is 5.61. The number of ether oxygens (including phenoxy) is 2. The number of carbonyl (C=O) groups is 1. The smallest absolute Gasteiger partial charge is 0.416 e. The highest BCUT2D eigenvalue weighted by Gasteiger charge is 2.31. The van der Waals surface area contributed by atoms with Gasteiger partial charge in [0.1, 0.15) is 0 Å². The van der Waals surface area contributed by atoms with Gasteiger partial charge in [-0.15, -0.1) is 0 Å². The molecular weight excluding hydrogens is 355 g/mol. The lowest BCUT2D eigenvalue weighted by molar-refractivity contribution is -0.400. The minimum Gasteiger partial charge on any atom is -0.493 e. The molecule has 0 saturated heterocycles. The summed E-state index contributed by atoms with van der Waals surface area (Å²) in [7, 11) is 1.29. The summed E-state index contributed by atoms with van der Waals surface area (Å²) in [5.74, 6) is -0.938. The van der Waals surface area contributed by atoms with E-state index in [4.69, 9.17) is 9.47 Å². The van der Waals surface area contributed by atoms with Crippen LogP contribution in [-0.4, -0.2) is 18.0 Å². The molecule has 0 aliphatic rings. The molecule has 0 unspecified atom stereocenters. The molecule has 2 aromatic rings. The Balaban J connectivity index is 2.25. The molecule has 2 rings (SSSR count). The number of carbonyl (C=O) groups excluding carboxylic acids is 1. The quantitative estimate of drug-likeness (QED) is 0.343. The second kappa shape index (κ2) is 7.68. The van der Waals surface area contributed by atoms with E-state index in [1.165, 1.54) is 37.5 Å². The zero-order chi connectivity index (χ0) is 19.3. The fourth-order valence-electron chi connectivity index (χ4n) is 2.00. The molecule has 0 amide bonds. The third-order valence-corrected chi connectivity index (χ3v) is 3.20. The van der Waals surface area contributed by atoms with Gasteiger partial charge in [-0.05, 0) is 35.9 Å². The fourth-order valence-corrected chi connectivity index (χ4v) is 2.00. The molecule has 0 bridgehead atoms. The van der Waals surface area contributed by atoms with Crippen LogP contribution in [0, 0.1) is 10.1 Å². The van der Waals surface area contributed by atoms with Gasteiger partial charge in [-0.1, -0.05) is 12.1 Å². The minimum atomic E-state index is -4.58. The van der Waals surface area contributed by atoms with Crippen molar-refractivity contribution in [2.45, 2.75) is 6.18 Å². The molecule has 0 aliphatic carbocycles. The van der Waals surface area contributed by atoms with E-state index in [0.29, 0.717) is 11.6 Å². The van der Waals surface area contributed by atoms with Crippen molar-refractivity contribution in [2.24, 2.45) is 0 Å². The molecule has 0 aliphatic heterocycles. The van der Waals surface area contributed by atoms with Crippen LogP contribution in [0.15, 0.2) is 48.7 Å². The van der Waals surface area contributed by atoms with Gasteiger partial charge in [-0.2, -0.15) is 13.2 Å². The Morgan fingerprint density at radius 2 is 1.88 bits per heavy atom. The highest BCUT2D eigenvalue weighted by atomic mass is 19.4. The lowest BCUT2D eigenvalue weighted by Gasteiger charge is -2.11. The summed E-state index contributed by atoms with van der Waals surface area (Å²) < 4.78 is 48.3. The highest BCUT2D eigenvalue weighted by Crippen LogP contribution is 2.31. The number of halogens is 3. The maximum absolute atomic E-state index is 12.7. The Morgan fingerprint density at radius 1 is 1.15 bits per heavy atom. The van der Waals surface area contributed by atoms with Crippen molar-refractivity contribution < 1.29 is 32.4 Å². The van der Waals surface area contributed by atoms with E-state index in [0.717, 1.165) is 18.3 Å². The van der Waals surface area contributed by atoms with Gasteiger partial charge in [0.05, 0.1) is 23.2 Å². The first-order valence-corrected chi connectivity index (χ1v) is 7.10. The molecule has 136 valence electrons. The van der Waals surface area contributed by atoms with Crippen LogP contribution < -0.4 is 9.47 Å². The van der Waals surface area contributed by atoms with Crippen LogP contribution in [-0.2, 0) is 6.18 Å². The van der Waals surface area contributed by atoms with Gasteiger partial charge in [0.2, 0.25) is 6.20 Å². The van der Waals surface area contributed by atoms with E-state index in [2.05, 4.69) is 0 Å². The fraction of sp³-hybridized carbons (Fsp3) is 0.118. The summed E-state index contributed by atoms with van der Waals surface area (Å²) in [6.07, 6.45) is -2.65. The minimum absolute atomic E-state index is 0.0341. The molecule has 6 nitrogen and oxygen atoms in total. The Labute approximate surface area is 145 Å². The number of nitro groups is 1. The van der Waals surface area contributed by atoms with Gasteiger partial charge in [0.25, 0.3) is 0 Å². The molecule has 0 saturated carbocycles. The molecular formula is C17H12F3NO5. The van der Waals surface area contributed by atoms with E-state index in [9.17, 15) is 28.1 Å². The summed E-state index contributed by atoms with van der Waals surface area (Å²) in [4.78, 5) is 21.8. The van der Waals surface area contributed by atoms with Crippen LogP contribution in [0.5, 0.6) is 11.5 Å². The zero-order valence-electron chi connectivity index (χ0n) is 13.3. The van der Waals surface area contributed by atoms with Crippen LogP contribution in [0.3, 0.4) is 0 Å². The largest absolute Gasteiger partial charge is 0.493 e. The van der Waals surface area contributed by atoms with E-state index in [1.807, 2.05) is 0 Å². The van der Waals surface area contributed by atoms with Crippen molar-refractivity contribution >= 4 is 12.0 Å². The first-order valence-electron chi connectivity index (χ1n) is 7.10. The van der Waals surface area contributed by atoms with Crippen molar-refractivity contribution in [1.82, 2.24) is 0 Å². The van der Waals surface area contributed by atoms with Crippen LogP contribution >= 0.6 is 0 Å². The number of benzene rings is 2. The van der Waals surface area contributed by atoms with E-state index in [1.54, 1.807) is 0 Å². The molecule has 0 atom stereocenters. The van der Waals surface area contributed by atoms with Crippen LogP contribution in [0.4, 0.5) is 13.2 Å². The predicted molar refractivity (Wildman–Crippen MR) is 85.4 cm³/mol. The van der Waals surface area contributed by atoms with Gasteiger partial charge in [0.15, 0.2) is 11.5 Å². The molecule has 0 radical (unpaired) electrons. The Morgan fingerprint density at radius 3 is 2.50 bits per heavy atom. The first kappa shape index (κ1) is 19.0. The van der Waals surface area contributed by atoms with E-state index < -0.39 is 22.6 Å². The maximum Gasteiger partial charge on any atom is 0.416 e. The normalized spacial score (nSPS) is 11.4. The monoisotopic (exact) mass is 367 g/mol. The second-order valence-electron chi connectivity index (χ2n) is 4.98. The number of hydrogen-bond donors (Lipinski definition) is 0. The third kappa shape index (κ3) is 4.82. The highest BCUT2D eigenvalue weighted by molar-refractivity contribution is 5.91. The topological polar surface area (TPSA) is 78.7 Å². The number of hydrogen-bond acceptors (Lipinski definition) is 5. The average Bonchev–Trinajstić information content (AvgIpc) is 2.60. The predicted octanol–water partition coefficient (Wildman–Crippen LogP) is 4.18. The lowest BCUT2D eigenvalue weighted by atomic mass is 10.1. The average molecular weight is 367 g/mol. The van der Waals surface area contributed by atoms with E-state index in [-0.39, 0.29) is 17.1 Å². The summed E-state index contributed by atoms with van der Waals surface area (Å²) >= 11 is 0. The van der Waals surface area contributed by atoms with Crippen LogP contribution in [0.1, 0.15) is 21.5 Å². The number of esters is 1. The first-order chi connectivity index (χ1) is 12.2. The van der Waals surface area contributed by atoms with Crippen LogP contribution in [0.25, 0.3) is 6.08 Å². The standard InChI is InChI=1S/C17H12F3NO5/c1-25-15-9-11(7-8-21(23)24)5-6-14(15)26-16(22)12-3-2-4-13(10-12)17(18,19)20/h2-10H,1H3/b8-7+. The van der Waals surface area contributed by atoms with Gasteiger partial charge in [0, 0.05) is 6.08 Å². The van der Waals surface area contributed by atoms with Crippen molar-refractivity contribution in [1.29, 1.82) is 0 Å². The van der Waals surface area contributed by atoms with Crippen molar-refractivity contribution in [3.63, 3.8) is 0 Å². The summed E-state index contributed by atoms with van der Waals surface area (Å²) in [6, 6.07) is 7.95. The second-order valence-corrected chi connectivity index (χ2v) is 4.98. The molecule has 0 N–H and O–H groups in total. The Hall–Kier alpha value is -3.36. The van der Waals surface area contributed by atoms with E-state index >= 15 is 0 Å². The number of nitrogens with zero attached hydrogens (tertiary/aromatic N) is 1. The van der Waals surface area contributed by atoms with Gasteiger partial charge >= 0.3 is 12.1 Å². The van der Waals surface area contributed by atoms with Crippen molar-refractivity contribution in [2.75, 3.05) is 7.11 Å². The third-order valence-electron chi connectivity index (χ3n) is 3.20. The summed E-state index contributed by atoms with van der Waals surface area (Å²) in [5, 5.41) is 10.3. The number of methoxy groups -OCH3 is 1. The summed E-state index contributed by atoms with van der Waals surface area (Å²) in [5.41, 5.74) is -0.837. The SMILES string of the molecule is COc1cc(/C=C/[N+](=O)[O-])ccc1OC(=O)c1cccc(C(F)(F)F)c1. The molecule has 0 heterocycles. The molecule has 26 heavy (non-hydrogen) atoms. The lowest BCUT2D eigenvalue weighted by Crippen LogP contribution is -2.12. The summed E-state index contributed by atoms with van der Waals surface area (Å²) in [6.45, 7) is 0. The molecule has 0 spiro atoms. The van der Waals surface area contributed by atoms with Crippen molar-refractivity contribution in [3.05, 3.63) is 75.5 Å². The van der Waals surface area contributed by atoms with Crippen molar-refractivity contribution in [3.8, 4) is 11.5 Å². The molecule has 0 fully saturated rings. The van der Waals surface area contributed by atoms with Gasteiger partial charge < -0.3 is 9.47 Å². The Bertz CT molecular complexity index is 862. The zero-order valence-corrected chi connectivity index (χ0v) is 13.3. The van der Waals surface area contributed by atoms with Crippen LogP contribution in [0.2, 0.25) is 0 Å². The molecule has 0 aromatic heterocycles. The number of alkyl halides is 3. The van der Waals surface area contributed by atoms with Gasteiger partial charge in [-0.3, -0.25) is 10.1 Å².